The lowest BCUT2D eigenvalue weighted by atomic mass is 10.2. The van der Waals surface area contributed by atoms with Crippen LogP contribution in [0.1, 0.15) is 19.4 Å². The number of carbonyl (C=O) groups excluding carboxylic acids is 2. The van der Waals surface area contributed by atoms with Crippen molar-refractivity contribution in [2.24, 2.45) is 0 Å². The Morgan fingerprint density at radius 1 is 1.26 bits per heavy atom. The Morgan fingerprint density at radius 2 is 2.00 bits per heavy atom. The molecule has 0 N–H and O–H groups in total. The molecule has 0 saturated carbocycles. The Morgan fingerprint density at radius 3 is 2.63 bits per heavy atom. The van der Waals surface area contributed by atoms with Crippen molar-refractivity contribution < 1.29 is 14.3 Å². The van der Waals surface area contributed by atoms with Crippen LogP contribution in [0.3, 0.4) is 0 Å². The molecule has 0 atom stereocenters. The van der Waals surface area contributed by atoms with Crippen LogP contribution in [-0.2, 0) is 4.79 Å². The summed E-state index contributed by atoms with van der Waals surface area (Å²) in [5.41, 5.74) is 0.811. The average molecular weight is 277 g/mol. The van der Waals surface area contributed by atoms with E-state index >= 15 is 0 Å². The molecular formula is C14H15NO3S. The van der Waals surface area contributed by atoms with Crippen LogP contribution < -0.4 is 4.74 Å². The zero-order chi connectivity index (χ0) is 13.8. The number of benzene rings is 1. The molecule has 1 heterocycles. The molecule has 1 aromatic carbocycles. The topological polar surface area (TPSA) is 46.6 Å². The molecule has 100 valence electrons. The first-order valence-electron chi connectivity index (χ1n) is 6.14. The second kappa shape index (κ2) is 5.93. The van der Waals surface area contributed by atoms with E-state index in [4.69, 9.17) is 4.74 Å². The number of likely N-dealkylation sites (N-methyl/N-ethyl adjacent to an activating group) is 1. The van der Waals surface area contributed by atoms with Crippen LogP contribution in [0.15, 0.2) is 29.2 Å². The molecular weight excluding hydrogens is 262 g/mol. The van der Waals surface area contributed by atoms with Gasteiger partial charge in [-0.3, -0.25) is 14.5 Å². The van der Waals surface area contributed by atoms with Crippen molar-refractivity contribution in [1.82, 2.24) is 4.90 Å². The van der Waals surface area contributed by atoms with Gasteiger partial charge in [0.25, 0.3) is 11.1 Å². The zero-order valence-corrected chi connectivity index (χ0v) is 11.7. The first-order valence-corrected chi connectivity index (χ1v) is 6.96. The van der Waals surface area contributed by atoms with Crippen LogP contribution >= 0.6 is 11.8 Å². The Labute approximate surface area is 116 Å². The first-order chi connectivity index (χ1) is 9.17. The van der Waals surface area contributed by atoms with Gasteiger partial charge in [-0.15, -0.1) is 0 Å². The lowest BCUT2D eigenvalue weighted by Gasteiger charge is -2.08. The molecule has 5 heteroatoms. The molecule has 0 radical (unpaired) electrons. The molecule has 0 spiro atoms. The van der Waals surface area contributed by atoms with Gasteiger partial charge >= 0.3 is 0 Å². The van der Waals surface area contributed by atoms with E-state index in [0.717, 1.165) is 17.3 Å². The SMILES string of the molecule is CCOc1ccccc1C=C1SC(=O)N(CC)C1=O. The van der Waals surface area contributed by atoms with Gasteiger partial charge in [0.05, 0.1) is 11.5 Å². The molecule has 1 fully saturated rings. The predicted octanol–water partition coefficient (Wildman–Crippen LogP) is 3.14. The standard InChI is InChI=1S/C14H15NO3S/c1-3-15-13(16)12(19-14(15)17)9-10-7-5-6-8-11(10)18-4-2/h5-9H,3-4H2,1-2H3. The number of amides is 2. The quantitative estimate of drug-likeness (QED) is 0.793. The minimum absolute atomic E-state index is 0.215. The molecule has 4 nitrogen and oxygen atoms in total. The van der Waals surface area contributed by atoms with Crippen LogP contribution in [0.2, 0.25) is 0 Å². The van der Waals surface area contributed by atoms with E-state index in [1.54, 1.807) is 13.0 Å². The van der Waals surface area contributed by atoms with Gasteiger partial charge in [-0.2, -0.15) is 0 Å². The number of nitrogens with zero attached hydrogens (tertiary/aromatic N) is 1. The molecule has 2 amide bonds. The van der Waals surface area contributed by atoms with Gasteiger partial charge in [-0.1, -0.05) is 18.2 Å². The van der Waals surface area contributed by atoms with Crippen LogP contribution in [-0.4, -0.2) is 29.2 Å². The van der Waals surface area contributed by atoms with Crippen molar-refractivity contribution in [1.29, 1.82) is 0 Å². The smallest absolute Gasteiger partial charge is 0.293 e. The summed E-state index contributed by atoms with van der Waals surface area (Å²) in [7, 11) is 0. The Kier molecular flexibility index (Phi) is 4.27. The first kappa shape index (κ1) is 13.7. The fraction of sp³-hybridized carbons (Fsp3) is 0.286. The second-order valence-corrected chi connectivity index (χ2v) is 4.89. The average Bonchev–Trinajstić information content (AvgIpc) is 2.67. The van der Waals surface area contributed by atoms with E-state index in [1.165, 1.54) is 4.90 Å². The molecule has 1 aromatic rings. The number of carbonyl (C=O) groups is 2. The highest BCUT2D eigenvalue weighted by Crippen LogP contribution is 2.33. The number of thioether (sulfide) groups is 1. The largest absolute Gasteiger partial charge is 0.493 e. The third kappa shape index (κ3) is 2.81. The summed E-state index contributed by atoms with van der Waals surface area (Å²) >= 11 is 0.971. The highest BCUT2D eigenvalue weighted by atomic mass is 32.2. The van der Waals surface area contributed by atoms with E-state index in [-0.39, 0.29) is 11.1 Å². The summed E-state index contributed by atoms with van der Waals surface area (Å²) in [6.45, 7) is 4.64. The maximum absolute atomic E-state index is 12.0. The van der Waals surface area contributed by atoms with Gasteiger partial charge in [0.2, 0.25) is 0 Å². The van der Waals surface area contributed by atoms with Crippen LogP contribution in [0.5, 0.6) is 5.75 Å². The summed E-state index contributed by atoms with van der Waals surface area (Å²) < 4.78 is 5.50. The summed E-state index contributed by atoms with van der Waals surface area (Å²) in [6, 6.07) is 7.46. The monoisotopic (exact) mass is 277 g/mol. The minimum atomic E-state index is -0.233. The second-order valence-electron chi connectivity index (χ2n) is 3.90. The molecule has 2 rings (SSSR count). The zero-order valence-electron chi connectivity index (χ0n) is 10.9. The van der Waals surface area contributed by atoms with E-state index < -0.39 is 0 Å². The number of hydrogen-bond acceptors (Lipinski definition) is 4. The lowest BCUT2D eigenvalue weighted by Crippen LogP contribution is -2.27. The van der Waals surface area contributed by atoms with Gasteiger partial charge in [0.15, 0.2) is 0 Å². The van der Waals surface area contributed by atoms with Crippen molar-refractivity contribution >= 4 is 29.0 Å². The van der Waals surface area contributed by atoms with Crippen LogP contribution in [0.4, 0.5) is 4.79 Å². The molecule has 0 unspecified atom stereocenters. The Bertz CT molecular complexity index is 539. The highest BCUT2D eigenvalue weighted by Gasteiger charge is 2.33. The van der Waals surface area contributed by atoms with E-state index in [0.29, 0.717) is 23.8 Å². The maximum atomic E-state index is 12.0. The van der Waals surface area contributed by atoms with Crippen molar-refractivity contribution in [3.63, 3.8) is 0 Å². The fourth-order valence-electron chi connectivity index (χ4n) is 1.80. The maximum Gasteiger partial charge on any atom is 0.293 e. The Hall–Kier alpha value is -1.75. The van der Waals surface area contributed by atoms with Crippen LogP contribution in [0.25, 0.3) is 6.08 Å². The van der Waals surface area contributed by atoms with E-state index in [1.807, 2.05) is 31.2 Å². The number of ether oxygens (including phenoxy) is 1. The minimum Gasteiger partial charge on any atom is -0.493 e. The van der Waals surface area contributed by atoms with Crippen molar-refractivity contribution in [3.8, 4) is 5.75 Å². The van der Waals surface area contributed by atoms with Gasteiger partial charge in [0.1, 0.15) is 5.75 Å². The molecule has 1 saturated heterocycles. The van der Waals surface area contributed by atoms with Crippen molar-refractivity contribution in [2.75, 3.05) is 13.2 Å². The van der Waals surface area contributed by atoms with Gasteiger partial charge in [0, 0.05) is 12.1 Å². The molecule has 1 aliphatic rings. The predicted molar refractivity (Wildman–Crippen MR) is 76.0 cm³/mol. The van der Waals surface area contributed by atoms with E-state index in [9.17, 15) is 9.59 Å². The van der Waals surface area contributed by atoms with Gasteiger partial charge < -0.3 is 4.74 Å². The van der Waals surface area contributed by atoms with Gasteiger partial charge in [-0.05, 0) is 37.8 Å². The third-order valence-electron chi connectivity index (χ3n) is 2.70. The Balaban J connectivity index is 2.32. The summed E-state index contributed by atoms with van der Waals surface area (Å²) in [5.74, 6) is 0.483. The summed E-state index contributed by atoms with van der Waals surface area (Å²) in [5, 5.41) is -0.215. The third-order valence-corrected chi connectivity index (χ3v) is 3.60. The molecule has 0 aromatic heterocycles. The number of para-hydroxylation sites is 1. The molecule has 0 aliphatic carbocycles. The molecule has 19 heavy (non-hydrogen) atoms. The fourth-order valence-corrected chi connectivity index (χ4v) is 2.69. The number of imide groups is 1. The summed E-state index contributed by atoms with van der Waals surface area (Å²) in [4.78, 5) is 25.3. The number of rotatable bonds is 4. The van der Waals surface area contributed by atoms with Crippen LogP contribution in [0, 0.1) is 0 Å². The van der Waals surface area contributed by atoms with Gasteiger partial charge in [-0.25, -0.2) is 0 Å². The highest BCUT2D eigenvalue weighted by molar-refractivity contribution is 8.18. The summed E-state index contributed by atoms with van der Waals surface area (Å²) in [6.07, 6.45) is 1.71. The normalized spacial score (nSPS) is 17.4. The van der Waals surface area contributed by atoms with Crippen molar-refractivity contribution in [2.45, 2.75) is 13.8 Å². The molecule has 0 bridgehead atoms. The number of hydrogen-bond donors (Lipinski definition) is 0. The molecule has 1 aliphatic heterocycles. The van der Waals surface area contributed by atoms with Crippen molar-refractivity contribution in [3.05, 3.63) is 34.7 Å². The van der Waals surface area contributed by atoms with E-state index in [2.05, 4.69) is 0 Å². The lowest BCUT2D eigenvalue weighted by molar-refractivity contribution is -0.122.